The van der Waals surface area contributed by atoms with Crippen molar-refractivity contribution >= 4 is 5.69 Å². The summed E-state index contributed by atoms with van der Waals surface area (Å²) < 4.78 is 14.5. The molecule has 0 saturated carbocycles. The highest BCUT2D eigenvalue weighted by atomic mass is 19.1. The first-order valence-electron chi connectivity index (χ1n) is 5.15. The van der Waals surface area contributed by atoms with Crippen LogP contribution in [0, 0.1) is 15.9 Å². The Morgan fingerprint density at radius 1 is 1.50 bits per heavy atom. The van der Waals surface area contributed by atoms with E-state index in [0.717, 1.165) is 18.2 Å². The molecule has 1 N–H and O–H groups in total. The summed E-state index contributed by atoms with van der Waals surface area (Å²) in [4.78, 5) is 10.2. The molecule has 2 rings (SSSR count). The Labute approximate surface area is 101 Å². The van der Waals surface area contributed by atoms with Crippen molar-refractivity contribution in [2.45, 2.75) is 13.2 Å². The molecule has 18 heavy (non-hydrogen) atoms. The van der Waals surface area contributed by atoms with E-state index in [2.05, 4.69) is 5.10 Å². The quantitative estimate of drug-likeness (QED) is 0.659. The van der Waals surface area contributed by atoms with Crippen molar-refractivity contribution in [1.82, 2.24) is 9.78 Å². The van der Waals surface area contributed by atoms with Gasteiger partial charge in [-0.25, -0.2) is 4.39 Å². The van der Waals surface area contributed by atoms with Gasteiger partial charge >= 0.3 is 0 Å². The molecule has 0 aliphatic rings. The van der Waals surface area contributed by atoms with Crippen LogP contribution >= 0.6 is 0 Å². The molecule has 1 heterocycles. The van der Waals surface area contributed by atoms with Crippen LogP contribution in [0.5, 0.6) is 0 Å². The number of rotatable bonds is 4. The van der Waals surface area contributed by atoms with E-state index >= 15 is 0 Å². The zero-order valence-electron chi connectivity index (χ0n) is 9.28. The first-order chi connectivity index (χ1) is 8.60. The Bertz CT molecular complexity index is 583. The number of hydrogen-bond acceptors (Lipinski definition) is 4. The Kier molecular flexibility index (Phi) is 3.33. The minimum absolute atomic E-state index is 0.0775. The largest absolute Gasteiger partial charge is 0.392 e. The molecule has 0 fully saturated rings. The number of hydrogen-bond donors (Lipinski definition) is 1. The summed E-state index contributed by atoms with van der Waals surface area (Å²) in [6.07, 6.45) is 3.00. The molecule has 0 bridgehead atoms. The van der Waals surface area contributed by atoms with Gasteiger partial charge in [0.1, 0.15) is 5.82 Å². The van der Waals surface area contributed by atoms with Crippen molar-refractivity contribution in [2.75, 3.05) is 0 Å². The zero-order valence-corrected chi connectivity index (χ0v) is 9.28. The highest BCUT2D eigenvalue weighted by Crippen LogP contribution is 2.20. The first kappa shape index (κ1) is 12.2. The number of nitro groups is 1. The fraction of sp³-hybridized carbons (Fsp3) is 0.182. The molecule has 94 valence electrons. The molecule has 7 heteroatoms. The molecular weight excluding hydrogens is 241 g/mol. The van der Waals surface area contributed by atoms with Gasteiger partial charge in [-0.2, -0.15) is 5.10 Å². The highest BCUT2D eigenvalue weighted by molar-refractivity contribution is 5.40. The molecule has 0 atom stereocenters. The minimum Gasteiger partial charge on any atom is -0.392 e. The number of halogens is 1. The van der Waals surface area contributed by atoms with Gasteiger partial charge in [0.2, 0.25) is 0 Å². The van der Waals surface area contributed by atoms with E-state index in [1.54, 1.807) is 6.20 Å². The summed E-state index contributed by atoms with van der Waals surface area (Å²) in [6, 6.07) is 3.28. The van der Waals surface area contributed by atoms with Crippen LogP contribution in [0.2, 0.25) is 0 Å². The van der Waals surface area contributed by atoms with E-state index in [0.29, 0.717) is 5.56 Å². The molecule has 0 spiro atoms. The molecule has 0 aliphatic carbocycles. The van der Waals surface area contributed by atoms with Gasteiger partial charge in [-0.15, -0.1) is 0 Å². The Morgan fingerprint density at radius 3 is 2.89 bits per heavy atom. The second-order valence-electron chi connectivity index (χ2n) is 3.73. The third-order valence-corrected chi connectivity index (χ3v) is 2.44. The fourth-order valence-corrected chi connectivity index (χ4v) is 1.61. The van der Waals surface area contributed by atoms with Gasteiger partial charge in [-0.1, -0.05) is 0 Å². The van der Waals surface area contributed by atoms with Gasteiger partial charge in [0.05, 0.1) is 29.8 Å². The van der Waals surface area contributed by atoms with Gasteiger partial charge in [0, 0.05) is 17.8 Å². The van der Waals surface area contributed by atoms with Crippen molar-refractivity contribution in [3.8, 4) is 0 Å². The van der Waals surface area contributed by atoms with Crippen LogP contribution in [0.3, 0.4) is 0 Å². The third-order valence-electron chi connectivity index (χ3n) is 2.44. The average Bonchev–Trinajstić information content (AvgIpc) is 2.76. The lowest BCUT2D eigenvalue weighted by molar-refractivity contribution is -0.385. The Hall–Kier alpha value is -2.28. The number of nitro benzene ring substituents is 1. The smallest absolute Gasteiger partial charge is 0.274 e. The van der Waals surface area contributed by atoms with Crippen LogP contribution in [-0.4, -0.2) is 19.8 Å². The lowest BCUT2D eigenvalue weighted by Crippen LogP contribution is -2.04. The number of aliphatic hydroxyl groups excluding tert-OH is 1. The van der Waals surface area contributed by atoms with E-state index in [-0.39, 0.29) is 24.4 Å². The first-order valence-corrected chi connectivity index (χ1v) is 5.15. The van der Waals surface area contributed by atoms with E-state index in [4.69, 9.17) is 5.11 Å². The predicted molar refractivity (Wildman–Crippen MR) is 60.3 cm³/mol. The normalized spacial score (nSPS) is 10.6. The van der Waals surface area contributed by atoms with Gasteiger partial charge in [0.25, 0.3) is 5.69 Å². The highest BCUT2D eigenvalue weighted by Gasteiger charge is 2.15. The SMILES string of the molecule is O=[N+]([O-])c1ccc(F)cc1Cn1cc(CO)cn1. The van der Waals surface area contributed by atoms with Crippen molar-refractivity contribution in [1.29, 1.82) is 0 Å². The molecule has 1 aromatic heterocycles. The van der Waals surface area contributed by atoms with Crippen LogP contribution in [0.4, 0.5) is 10.1 Å². The van der Waals surface area contributed by atoms with Gasteiger partial charge < -0.3 is 5.11 Å². The molecule has 2 aromatic rings. The van der Waals surface area contributed by atoms with E-state index in [1.165, 1.54) is 10.9 Å². The second kappa shape index (κ2) is 4.92. The molecule has 0 radical (unpaired) electrons. The number of aromatic nitrogens is 2. The second-order valence-corrected chi connectivity index (χ2v) is 3.73. The fourth-order valence-electron chi connectivity index (χ4n) is 1.61. The topological polar surface area (TPSA) is 81.2 Å². The minimum atomic E-state index is -0.564. The zero-order chi connectivity index (χ0) is 13.1. The van der Waals surface area contributed by atoms with E-state index in [9.17, 15) is 14.5 Å². The van der Waals surface area contributed by atoms with Crippen molar-refractivity contribution in [3.63, 3.8) is 0 Å². The standard InChI is InChI=1S/C11H10FN3O3/c12-10-1-2-11(15(17)18)9(3-10)6-14-5-8(7-16)4-13-14/h1-5,16H,6-7H2. The maximum absolute atomic E-state index is 13.1. The molecule has 1 aromatic carbocycles. The molecular formula is C11H10FN3O3. The average molecular weight is 251 g/mol. The molecule has 0 aliphatic heterocycles. The monoisotopic (exact) mass is 251 g/mol. The van der Waals surface area contributed by atoms with Crippen LogP contribution in [0.15, 0.2) is 30.6 Å². The third kappa shape index (κ3) is 2.51. The van der Waals surface area contributed by atoms with Crippen LogP contribution < -0.4 is 0 Å². The molecule has 0 unspecified atom stereocenters. The maximum atomic E-state index is 13.1. The summed E-state index contributed by atoms with van der Waals surface area (Å²) in [5.41, 5.74) is 0.666. The predicted octanol–water partition coefficient (Wildman–Crippen LogP) is 1.47. The lowest BCUT2D eigenvalue weighted by Gasteiger charge is -2.03. The molecule has 6 nitrogen and oxygen atoms in total. The number of benzene rings is 1. The van der Waals surface area contributed by atoms with Crippen molar-refractivity contribution < 1.29 is 14.4 Å². The summed E-state index contributed by atoms with van der Waals surface area (Å²) >= 11 is 0. The van der Waals surface area contributed by atoms with Crippen LogP contribution in [0.1, 0.15) is 11.1 Å². The summed E-state index contributed by atoms with van der Waals surface area (Å²) in [7, 11) is 0. The Balaban J connectivity index is 2.32. The van der Waals surface area contributed by atoms with Crippen molar-refractivity contribution in [2.24, 2.45) is 0 Å². The van der Waals surface area contributed by atoms with Crippen LogP contribution in [0.25, 0.3) is 0 Å². The van der Waals surface area contributed by atoms with E-state index in [1.807, 2.05) is 0 Å². The summed E-state index contributed by atoms with van der Waals surface area (Å²) in [6.45, 7) is -0.0840. The van der Waals surface area contributed by atoms with Crippen molar-refractivity contribution in [3.05, 3.63) is 57.7 Å². The summed E-state index contributed by atoms with van der Waals surface area (Å²) in [5, 5.41) is 23.6. The maximum Gasteiger partial charge on any atom is 0.274 e. The summed E-state index contributed by atoms with van der Waals surface area (Å²) in [5.74, 6) is -0.537. The molecule has 0 saturated heterocycles. The Morgan fingerprint density at radius 2 is 2.28 bits per heavy atom. The number of aliphatic hydroxyl groups is 1. The van der Waals surface area contributed by atoms with Crippen LogP contribution in [-0.2, 0) is 13.2 Å². The molecule has 0 amide bonds. The van der Waals surface area contributed by atoms with Gasteiger partial charge in [-0.3, -0.25) is 14.8 Å². The lowest BCUT2D eigenvalue weighted by atomic mass is 10.2. The van der Waals surface area contributed by atoms with Gasteiger partial charge in [0.15, 0.2) is 0 Å². The number of nitrogens with zero attached hydrogens (tertiary/aromatic N) is 3. The van der Waals surface area contributed by atoms with Gasteiger partial charge in [-0.05, 0) is 12.1 Å². The van der Waals surface area contributed by atoms with E-state index < -0.39 is 10.7 Å².